The van der Waals surface area contributed by atoms with Crippen molar-refractivity contribution in [3.05, 3.63) is 65.9 Å². The van der Waals surface area contributed by atoms with E-state index in [1.54, 1.807) is 0 Å². The third-order valence-corrected chi connectivity index (χ3v) is 4.20. The lowest BCUT2D eigenvalue weighted by Crippen LogP contribution is -2.44. The average Bonchev–Trinajstić information content (AvgIpc) is 3.26. The van der Waals surface area contributed by atoms with Gasteiger partial charge in [0.15, 0.2) is 0 Å². The maximum absolute atomic E-state index is 12.4. The first-order chi connectivity index (χ1) is 11.3. The lowest BCUT2D eigenvalue weighted by molar-refractivity contribution is -0.133. The van der Waals surface area contributed by atoms with Crippen molar-refractivity contribution in [2.75, 3.05) is 5.32 Å². The molecule has 0 fully saturated rings. The SMILES string of the molecule is O=C1Nc2ccccc2C12NN=C(c1cc3ccccc3[nH]1)O2. The van der Waals surface area contributed by atoms with Crippen LogP contribution >= 0.6 is 0 Å². The number of para-hydroxylation sites is 2. The van der Waals surface area contributed by atoms with E-state index in [-0.39, 0.29) is 5.91 Å². The van der Waals surface area contributed by atoms with Crippen molar-refractivity contribution >= 4 is 28.4 Å². The molecule has 1 aromatic heterocycles. The number of ether oxygens (including phenoxy) is 1. The summed E-state index contributed by atoms with van der Waals surface area (Å²) in [6.45, 7) is 0. The Morgan fingerprint density at radius 3 is 2.78 bits per heavy atom. The number of hydrogen-bond donors (Lipinski definition) is 3. The van der Waals surface area contributed by atoms with Crippen LogP contribution in [0.5, 0.6) is 0 Å². The first-order valence-electron chi connectivity index (χ1n) is 7.29. The molecule has 3 aromatic rings. The van der Waals surface area contributed by atoms with Crippen molar-refractivity contribution in [2.24, 2.45) is 5.10 Å². The molecule has 6 nitrogen and oxygen atoms in total. The van der Waals surface area contributed by atoms with Gasteiger partial charge in [-0.3, -0.25) is 10.2 Å². The van der Waals surface area contributed by atoms with Gasteiger partial charge in [0.1, 0.15) is 5.69 Å². The normalized spacial score (nSPS) is 21.7. The highest BCUT2D eigenvalue weighted by Gasteiger charge is 2.53. The fraction of sp³-hybridized carbons (Fsp3) is 0.0588. The Kier molecular flexibility index (Phi) is 2.21. The third-order valence-electron chi connectivity index (χ3n) is 4.20. The van der Waals surface area contributed by atoms with Crippen molar-refractivity contribution in [2.45, 2.75) is 5.72 Å². The molecule has 2 aliphatic heterocycles. The Morgan fingerprint density at radius 2 is 1.87 bits per heavy atom. The van der Waals surface area contributed by atoms with E-state index < -0.39 is 5.72 Å². The highest BCUT2D eigenvalue weighted by Crippen LogP contribution is 2.39. The summed E-state index contributed by atoms with van der Waals surface area (Å²) < 4.78 is 5.96. The number of nitrogens with zero attached hydrogens (tertiary/aromatic N) is 1. The summed E-state index contributed by atoms with van der Waals surface area (Å²) in [4.78, 5) is 15.7. The first-order valence-corrected chi connectivity index (χ1v) is 7.29. The van der Waals surface area contributed by atoms with Crippen molar-refractivity contribution in [3.8, 4) is 0 Å². The topological polar surface area (TPSA) is 78.5 Å². The Bertz CT molecular complexity index is 958. The number of hydrazone groups is 1. The minimum absolute atomic E-state index is 0.270. The van der Waals surface area contributed by atoms with Crippen molar-refractivity contribution in [1.82, 2.24) is 10.4 Å². The van der Waals surface area contributed by atoms with Crippen LogP contribution in [0.3, 0.4) is 0 Å². The number of carbonyl (C=O) groups is 1. The van der Waals surface area contributed by atoms with E-state index in [0.29, 0.717) is 5.90 Å². The number of nitrogens with one attached hydrogen (secondary N) is 3. The van der Waals surface area contributed by atoms with Crippen LogP contribution in [0, 0.1) is 0 Å². The van der Waals surface area contributed by atoms with E-state index in [0.717, 1.165) is 27.8 Å². The average molecular weight is 304 g/mol. The Morgan fingerprint density at radius 1 is 1.04 bits per heavy atom. The summed E-state index contributed by atoms with van der Waals surface area (Å²) in [6.07, 6.45) is 0. The van der Waals surface area contributed by atoms with Gasteiger partial charge < -0.3 is 15.0 Å². The van der Waals surface area contributed by atoms with Gasteiger partial charge in [0.25, 0.3) is 11.8 Å². The maximum Gasteiger partial charge on any atom is 0.305 e. The number of H-pyrrole nitrogens is 1. The molecule has 2 aliphatic rings. The molecule has 1 unspecified atom stereocenters. The van der Waals surface area contributed by atoms with Gasteiger partial charge in [0.05, 0.1) is 11.3 Å². The van der Waals surface area contributed by atoms with Gasteiger partial charge in [0, 0.05) is 10.9 Å². The zero-order chi connectivity index (χ0) is 15.4. The summed E-state index contributed by atoms with van der Waals surface area (Å²) in [5, 5.41) is 8.12. The molecule has 112 valence electrons. The predicted octanol–water partition coefficient (Wildman–Crippen LogP) is 2.25. The number of fused-ring (bicyclic) bond motifs is 3. The predicted molar refractivity (Wildman–Crippen MR) is 85.8 cm³/mol. The maximum atomic E-state index is 12.4. The summed E-state index contributed by atoms with van der Waals surface area (Å²) in [5.41, 5.74) is 4.77. The zero-order valence-electron chi connectivity index (χ0n) is 12.0. The molecule has 3 heterocycles. The van der Waals surface area contributed by atoms with Gasteiger partial charge in [-0.25, -0.2) is 0 Å². The monoisotopic (exact) mass is 304 g/mol. The first kappa shape index (κ1) is 12.3. The van der Waals surface area contributed by atoms with Gasteiger partial charge in [-0.2, -0.15) is 0 Å². The van der Waals surface area contributed by atoms with Crippen LogP contribution < -0.4 is 10.7 Å². The molecule has 0 aliphatic carbocycles. The molecule has 0 radical (unpaired) electrons. The molecular weight excluding hydrogens is 292 g/mol. The molecule has 0 saturated heterocycles. The number of hydrogen-bond acceptors (Lipinski definition) is 4. The summed E-state index contributed by atoms with van der Waals surface area (Å²) in [5.74, 6) is 0.0987. The molecule has 1 spiro atoms. The van der Waals surface area contributed by atoms with E-state index in [4.69, 9.17) is 4.74 Å². The lowest BCUT2D eigenvalue weighted by atomic mass is 10.1. The second kappa shape index (κ2) is 4.13. The van der Waals surface area contributed by atoms with Crippen LogP contribution in [0.1, 0.15) is 11.3 Å². The molecule has 23 heavy (non-hydrogen) atoms. The number of carbonyl (C=O) groups excluding carboxylic acids is 1. The quantitative estimate of drug-likeness (QED) is 0.645. The van der Waals surface area contributed by atoms with E-state index in [9.17, 15) is 4.79 Å². The van der Waals surface area contributed by atoms with Gasteiger partial charge >= 0.3 is 5.72 Å². The Labute approximate surface area is 131 Å². The van der Waals surface area contributed by atoms with Gasteiger partial charge in [-0.15, -0.1) is 5.10 Å². The molecule has 1 amide bonds. The van der Waals surface area contributed by atoms with E-state index in [1.165, 1.54) is 0 Å². The standard InChI is InChI=1S/C17H12N4O2/c22-16-17(11-6-2-4-8-13(11)19-16)21-20-15(23-17)14-9-10-5-1-3-7-12(10)18-14/h1-9,18,21H,(H,19,22). The highest BCUT2D eigenvalue weighted by atomic mass is 16.6. The van der Waals surface area contributed by atoms with Crippen molar-refractivity contribution in [3.63, 3.8) is 0 Å². The second-order valence-electron chi connectivity index (χ2n) is 5.58. The molecule has 3 N–H and O–H groups in total. The Balaban J connectivity index is 1.56. The number of amides is 1. The van der Waals surface area contributed by atoms with Crippen LogP contribution in [0.15, 0.2) is 59.7 Å². The number of benzene rings is 2. The minimum atomic E-state index is -1.29. The smallest absolute Gasteiger partial charge is 0.305 e. The van der Waals surface area contributed by atoms with Gasteiger partial charge in [-0.1, -0.05) is 36.4 Å². The van der Waals surface area contributed by atoms with Gasteiger partial charge in [0.2, 0.25) is 0 Å². The molecular formula is C17H12N4O2. The molecule has 1 atom stereocenters. The van der Waals surface area contributed by atoms with Crippen LogP contribution in [-0.4, -0.2) is 16.8 Å². The van der Waals surface area contributed by atoms with Crippen LogP contribution in [-0.2, 0) is 15.3 Å². The van der Waals surface area contributed by atoms with Crippen LogP contribution in [0.2, 0.25) is 0 Å². The number of aromatic amines is 1. The highest BCUT2D eigenvalue weighted by molar-refractivity contribution is 6.08. The second-order valence-corrected chi connectivity index (χ2v) is 5.58. The summed E-state index contributed by atoms with van der Waals surface area (Å²) in [6, 6.07) is 17.3. The molecule has 0 saturated carbocycles. The molecule has 5 rings (SSSR count). The van der Waals surface area contributed by atoms with Crippen LogP contribution in [0.4, 0.5) is 5.69 Å². The van der Waals surface area contributed by atoms with Crippen molar-refractivity contribution < 1.29 is 9.53 Å². The zero-order valence-corrected chi connectivity index (χ0v) is 12.0. The number of aromatic nitrogens is 1. The molecule has 6 heteroatoms. The number of anilines is 1. The summed E-state index contributed by atoms with van der Waals surface area (Å²) >= 11 is 0. The van der Waals surface area contributed by atoms with Crippen molar-refractivity contribution in [1.29, 1.82) is 0 Å². The fourth-order valence-corrected chi connectivity index (χ4v) is 3.07. The molecule has 2 aromatic carbocycles. The van der Waals surface area contributed by atoms with Crippen LogP contribution in [0.25, 0.3) is 10.9 Å². The van der Waals surface area contributed by atoms with E-state index in [2.05, 4.69) is 20.8 Å². The van der Waals surface area contributed by atoms with E-state index in [1.807, 2.05) is 54.6 Å². The Hall–Kier alpha value is -3.28. The summed E-state index contributed by atoms with van der Waals surface area (Å²) in [7, 11) is 0. The van der Waals surface area contributed by atoms with Gasteiger partial charge in [-0.05, 0) is 18.2 Å². The fourth-order valence-electron chi connectivity index (χ4n) is 3.07. The van der Waals surface area contributed by atoms with E-state index >= 15 is 0 Å². The number of rotatable bonds is 1. The molecule has 0 bridgehead atoms. The third kappa shape index (κ3) is 1.57. The largest absolute Gasteiger partial charge is 0.433 e. The lowest BCUT2D eigenvalue weighted by Gasteiger charge is -2.20. The minimum Gasteiger partial charge on any atom is -0.433 e.